The average Bonchev–Trinajstić information content (AvgIpc) is 3.21. The van der Waals surface area contributed by atoms with Gasteiger partial charge in [0.2, 0.25) is 11.8 Å². The van der Waals surface area contributed by atoms with Gasteiger partial charge in [0, 0.05) is 26.7 Å². The molecule has 1 saturated heterocycles. The fraction of sp³-hybridized carbons (Fsp3) is 0.308. The van der Waals surface area contributed by atoms with Crippen LogP contribution in [0.1, 0.15) is 23.5 Å². The number of benzene rings is 2. The predicted molar refractivity (Wildman–Crippen MR) is 124 cm³/mol. The van der Waals surface area contributed by atoms with Gasteiger partial charge >= 0.3 is 0 Å². The summed E-state index contributed by atoms with van der Waals surface area (Å²) >= 11 is 0. The number of hydrogen-bond donors (Lipinski definition) is 1. The zero-order valence-electron chi connectivity index (χ0n) is 18.6. The Morgan fingerprint density at radius 2 is 1.78 bits per heavy atom. The molecule has 4 rings (SSSR count). The summed E-state index contributed by atoms with van der Waals surface area (Å²) in [7, 11) is 1.74. The molecule has 1 aromatic heterocycles. The Bertz CT molecular complexity index is 1060. The van der Waals surface area contributed by atoms with E-state index in [0.29, 0.717) is 26.2 Å². The fourth-order valence-corrected chi connectivity index (χ4v) is 4.05. The Labute approximate surface area is 188 Å². The largest absolute Gasteiger partial charge is 0.464 e. The van der Waals surface area contributed by atoms with E-state index in [9.17, 15) is 9.59 Å². The van der Waals surface area contributed by atoms with Gasteiger partial charge in [-0.05, 0) is 35.7 Å². The lowest BCUT2D eigenvalue weighted by Crippen LogP contribution is -2.56. The second-order valence-corrected chi connectivity index (χ2v) is 8.31. The molecule has 6 heteroatoms. The number of hydrogen-bond acceptors (Lipinski definition) is 4. The summed E-state index contributed by atoms with van der Waals surface area (Å²) in [4.78, 5) is 29.2. The molecule has 0 aliphatic carbocycles. The summed E-state index contributed by atoms with van der Waals surface area (Å²) in [6.45, 7) is 4.20. The molecule has 0 radical (unpaired) electrons. The molecule has 0 spiro atoms. The van der Waals surface area contributed by atoms with Crippen LogP contribution in [0.25, 0.3) is 11.1 Å². The molecule has 2 amide bonds. The van der Waals surface area contributed by atoms with Gasteiger partial charge in [-0.2, -0.15) is 0 Å². The van der Waals surface area contributed by atoms with Crippen molar-refractivity contribution in [3.63, 3.8) is 0 Å². The highest BCUT2D eigenvalue weighted by atomic mass is 16.3. The summed E-state index contributed by atoms with van der Waals surface area (Å²) in [5.74, 6) is 1.39. The van der Waals surface area contributed by atoms with Gasteiger partial charge in [-0.15, -0.1) is 0 Å². The Morgan fingerprint density at radius 1 is 1.06 bits per heavy atom. The van der Waals surface area contributed by atoms with Gasteiger partial charge in [0.25, 0.3) is 0 Å². The van der Waals surface area contributed by atoms with Crippen molar-refractivity contribution in [1.29, 1.82) is 0 Å². The van der Waals surface area contributed by atoms with Crippen molar-refractivity contribution >= 4 is 11.8 Å². The van der Waals surface area contributed by atoms with E-state index in [1.165, 1.54) is 5.56 Å². The molecule has 0 unspecified atom stereocenters. The predicted octanol–water partition coefficient (Wildman–Crippen LogP) is 3.60. The number of nitrogens with one attached hydrogen (secondary N) is 1. The van der Waals surface area contributed by atoms with E-state index in [4.69, 9.17) is 4.42 Å². The third-order valence-electron chi connectivity index (χ3n) is 5.87. The topological polar surface area (TPSA) is 65.8 Å². The summed E-state index contributed by atoms with van der Waals surface area (Å²) in [5.41, 5.74) is 3.46. The van der Waals surface area contributed by atoms with E-state index in [-0.39, 0.29) is 18.2 Å². The molecule has 32 heavy (non-hydrogen) atoms. The maximum Gasteiger partial charge on any atom is 0.237 e. The molecular weight excluding hydrogens is 402 g/mol. The number of rotatable bonds is 7. The Kier molecular flexibility index (Phi) is 6.71. The van der Waals surface area contributed by atoms with Crippen LogP contribution in [-0.2, 0) is 22.7 Å². The molecule has 3 aromatic rings. The molecular formula is C26H29N3O3. The summed E-state index contributed by atoms with van der Waals surface area (Å²) in [6, 6.07) is 21.9. The minimum atomic E-state index is -0.481. The van der Waals surface area contributed by atoms with Crippen LogP contribution in [0.4, 0.5) is 0 Å². The minimum absolute atomic E-state index is 0.0782. The first kappa shape index (κ1) is 21.8. The molecule has 2 heterocycles. The number of piperazine rings is 1. The van der Waals surface area contributed by atoms with Crippen LogP contribution in [0.15, 0.2) is 71.1 Å². The SMILES string of the molecule is Cc1ccc(CN(C)C(=O)C[C@H]2C(=O)NCCN2Cc2ccc(-c3ccccc3)cc2)o1. The van der Waals surface area contributed by atoms with Crippen molar-refractivity contribution in [2.75, 3.05) is 20.1 Å². The van der Waals surface area contributed by atoms with Gasteiger partial charge in [0.1, 0.15) is 11.5 Å². The van der Waals surface area contributed by atoms with Gasteiger partial charge in [-0.3, -0.25) is 14.5 Å². The van der Waals surface area contributed by atoms with Crippen LogP contribution in [0.3, 0.4) is 0 Å². The van der Waals surface area contributed by atoms with Crippen molar-refractivity contribution in [2.45, 2.75) is 32.5 Å². The third-order valence-corrected chi connectivity index (χ3v) is 5.87. The van der Waals surface area contributed by atoms with E-state index in [2.05, 4.69) is 46.6 Å². The number of aryl methyl sites for hydroxylation is 1. The Hall–Kier alpha value is -3.38. The van der Waals surface area contributed by atoms with Crippen LogP contribution in [0.2, 0.25) is 0 Å². The fourth-order valence-electron chi connectivity index (χ4n) is 4.05. The van der Waals surface area contributed by atoms with Crippen molar-refractivity contribution in [3.8, 4) is 11.1 Å². The van der Waals surface area contributed by atoms with Crippen LogP contribution in [0.5, 0.6) is 0 Å². The lowest BCUT2D eigenvalue weighted by molar-refractivity contribution is -0.138. The first-order valence-electron chi connectivity index (χ1n) is 10.9. The van der Waals surface area contributed by atoms with E-state index in [1.54, 1.807) is 11.9 Å². The van der Waals surface area contributed by atoms with E-state index < -0.39 is 6.04 Å². The molecule has 2 aromatic carbocycles. The zero-order chi connectivity index (χ0) is 22.5. The summed E-state index contributed by atoms with van der Waals surface area (Å²) < 4.78 is 5.57. The maximum absolute atomic E-state index is 12.8. The second-order valence-electron chi connectivity index (χ2n) is 8.31. The number of amides is 2. The number of nitrogens with zero attached hydrogens (tertiary/aromatic N) is 2. The molecule has 0 bridgehead atoms. The average molecular weight is 432 g/mol. The normalized spacial score (nSPS) is 16.6. The Balaban J connectivity index is 1.41. The molecule has 1 fully saturated rings. The number of carbonyl (C=O) groups is 2. The minimum Gasteiger partial charge on any atom is -0.464 e. The Morgan fingerprint density at radius 3 is 2.47 bits per heavy atom. The first-order valence-corrected chi connectivity index (χ1v) is 10.9. The van der Waals surface area contributed by atoms with Gasteiger partial charge in [-0.1, -0.05) is 54.6 Å². The van der Waals surface area contributed by atoms with Crippen LogP contribution < -0.4 is 5.32 Å². The van der Waals surface area contributed by atoms with E-state index in [1.807, 2.05) is 37.3 Å². The van der Waals surface area contributed by atoms with Crippen molar-refractivity contribution in [2.24, 2.45) is 0 Å². The number of furan rings is 1. The van der Waals surface area contributed by atoms with Crippen LogP contribution in [0, 0.1) is 6.92 Å². The highest BCUT2D eigenvalue weighted by Gasteiger charge is 2.32. The lowest BCUT2D eigenvalue weighted by Gasteiger charge is -2.35. The molecule has 0 saturated carbocycles. The smallest absolute Gasteiger partial charge is 0.237 e. The van der Waals surface area contributed by atoms with Crippen molar-refractivity contribution < 1.29 is 14.0 Å². The first-order chi connectivity index (χ1) is 15.5. The molecule has 1 aliphatic rings. The van der Waals surface area contributed by atoms with Crippen molar-refractivity contribution in [1.82, 2.24) is 15.1 Å². The summed E-state index contributed by atoms with van der Waals surface area (Å²) in [6.07, 6.45) is 0.143. The zero-order valence-corrected chi connectivity index (χ0v) is 18.6. The van der Waals surface area contributed by atoms with Crippen LogP contribution >= 0.6 is 0 Å². The van der Waals surface area contributed by atoms with E-state index in [0.717, 1.165) is 22.6 Å². The van der Waals surface area contributed by atoms with E-state index >= 15 is 0 Å². The molecule has 1 aliphatic heterocycles. The molecule has 166 valence electrons. The maximum atomic E-state index is 12.8. The third kappa shape index (κ3) is 5.26. The van der Waals surface area contributed by atoms with Gasteiger partial charge in [-0.25, -0.2) is 0 Å². The van der Waals surface area contributed by atoms with Gasteiger partial charge < -0.3 is 14.6 Å². The van der Waals surface area contributed by atoms with Gasteiger partial charge in [0.15, 0.2) is 0 Å². The summed E-state index contributed by atoms with van der Waals surface area (Å²) in [5, 5.41) is 2.91. The second kappa shape index (κ2) is 9.83. The standard InChI is InChI=1S/C26H29N3O3/c1-19-8-13-23(32-19)18-28(2)25(30)16-24-26(31)27-14-15-29(24)17-20-9-11-22(12-10-20)21-6-4-3-5-7-21/h3-13,24H,14-18H2,1-2H3,(H,27,31)/t24-/m0/s1. The molecule has 1 atom stereocenters. The van der Waals surface area contributed by atoms with Crippen LogP contribution in [-0.4, -0.2) is 47.8 Å². The monoisotopic (exact) mass is 431 g/mol. The number of carbonyl (C=O) groups excluding carboxylic acids is 2. The van der Waals surface area contributed by atoms with Crippen molar-refractivity contribution in [3.05, 3.63) is 83.8 Å². The highest BCUT2D eigenvalue weighted by Crippen LogP contribution is 2.21. The molecule has 6 nitrogen and oxygen atoms in total. The quantitative estimate of drug-likeness (QED) is 0.621. The van der Waals surface area contributed by atoms with Gasteiger partial charge in [0.05, 0.1) is 19.0 Å². The molecule has 1 N–H and O–H groups in total. The highest BCUT2D eigenvalue weighted by molar-refractivity contribution is 5.88. The lowest BCUT2D eigenvalue weighted by atomic mass is 10.0.